The lowest BCUT2D eigenvalue weighted by molar-refractivity contribution is 0.415. The van der Waals surface area contributed by atoms with E-state index >= 15 is 0 Å². The average molecular weight is 158 g/mol. The van der Waals surface area contributed by atoms with Gasteiger partial charge in [0.2, 0.25) is 0 Å². The van der Waals surface area contributed by atoms with Crippen molar-refractivity contribution >= 4 is 11.8 Å². The van der Waals surface area contributed by atoms with Gasteiger partial charge in [0, 0.05) is 17.2 Å². The van der Waals surface area contributed by atoms with Gasteiger partial charge in [0.15, 0.2) is 0 Å². The Balaban J connectivity index is 1.98. The summed E-state index contributed by atoms with van der Waals surface area (Å²) in [6.07, 6.45) is 2.70. The van der Waals surface area contributed by atoms with E-state index in [1.165, 1.54) is 38.4 Å². The van der Waals surface area contributed by atoms with Crippen molar-refractivity contribution in [2.75, 3.05) is 25.5 Å². The van der Waals surface area contributed by atoms with Crippen LogP contribution in [0.2, 0.25) is 0 Å². The summed E-state index contributed by atoms with van der Waals surface area (Å²) >= 11 is 2.11. The van der Waals surface area contributed by atoms with Gasteiger partial charge in [-0.05, 0) is 25.9 Å². The molecule has 2 N–H and O–H groups in total. The molecule has 0 aromatic heterocycles. The highest BCUT2D eigenvalue weighted by Crippen LogP contribution is 2.36. The highest BCUT2D eigenvalue weighted by molar-refractivity contribution is 8.00. The van der Waals surface area contributed by atoms with Crippen LogP contribution in [0.25, 0.3) is 0 Å². The first-order valence-corrected chi connectivity index (χ1v) is 4.95. The fraction of sp³-hybridized carbons (Fsp3) is 1.00. The summed E-state index contributed by atoms with van der Waals surface area (Å²) < 4.78 is 0.616. The van der Waals surface area contributed by atoms with Crippen molar-refractivity contribution in [2.24, 2.45) is 0 Å². The van der Waals surface area contributed by atoms with Crippen molar-refractivity contribution in [1.82, 2.24) is 10.6 Å². The Morgan fingerprint density at radius 2 is 1.90 bits per heavy atom. The molecule has 2 nitrogen and oxygen atoms in total. The number of nitrogens with one attached hydrogen (secondary N) is 2. The van der Waals surface area contributed by atoms with E-state index < -0.39 is 0 Å². The maximum atomic E-state index is 3.42. The van der Waals surface area contributed by atoms with Gasteiger partial charge in [0.25, 0.3) is 0 Å². The molecule has 2 heterocycles. The second kappa shape index (κ2) is 2.72. The minimum Gasteiger partial charge on any atom is -0.317 e. The maximum Gasteiger partial charge on any atom is 0.0424 e. The van der Waals surface area contributed by atoms with Crippen LogP contribution in [0.15, 0.2) is 0 Å². The monoisotopic (exact) mass is 158 g/mol. The van der Waals surface area contributed by atoms with Crippen LogP contribution < -0.4 is 10.6 Å². The van der Waals surface area contributed by atoms with E-state index in [-0.39, 0.29) is 0 Å². The molecule has 58 valence electrons. The lowest BCUT2D eigenvalue weighted by atomic mass is 9.97. The Hall–Kier alpha value is 0.270. The summed E-state index contributed by atoms with van der Waals surface area (Å²) in [6.45, 7) is 3.67. The van der Waals surface area contributed by atoms with Crippen molar-refractivity contribution < 1.29 is 0 Å². The second-order valence-electron chi connectivity index (χ2n) is 3.15. The largest absolute Gasteiger partial charge is 0.317 e. The van der Waals surface area contributed by atoms with Gasteiger partial charge in [0.05, 0.1) is 0 Å². The summed E-state index contributed by atoms with van der Waals surface area (Å²) in [5.74, 6) is 1.17. The Kier molecular flexibility index (Phi) is 1.89. The van der Waals surface area contributed by atoms with Crippen LogP contribution in [0.5, 0.6) is 0 Å². The number of piperidine rings is 1. The summed E-state index contributed by atoms with van der Waals surface area (Å²) in [6, 6.07) is 0. The Morgan fingerprint density at radius 1 is 1.10 bits per heavy atom. The molecule has 10 heavy (non-hydrogen) atoms. The molecule has 3 heteroatoms. The van der Waals surface area contributed by atoms with Crippen molar-refractivity contribution in [3.8, 4) is 0 Å². The summed E-state index contributed by atoms with van der Waals surface area (Å²) in [5.41, 5.74) is 0. The third kappa shape index (κ3) is 1.18. The van der Waals surface area contributed by atoms with E-state index in [1.54, 1.807) is 0 Å². The first-order chi connectivity index (χ1) is 4.91. The highest BCUT2D eigenvalue weighted by Gasteiger charge is 2.35. The Morgan fingerprint density at radius 3 is 2.50 bits per heavy atom. The molecule has 2 aliphatic heterocycles. The molecule has 0 atom stereocenters. The number of thioether (sulfide) groups is 1. The zero-order chi connectivity index (χ0) is 6.86. The topological polar surface area (TPSA) is 24.1 Å². The lowest BCUT2D eigenvalue weighted by Crippen LogP contribution is -2.41. The molecule has 0 aromatic rings. The molecule has 1 spiro atoms. The van der Waals surface area contributed by atoms with E-state index in [1.807, 2.05) is 0 Å². The quantitative estimate of drug-likeness (QED) is 0.534. The molecule has 0 aromatic carbocycles. The normalized spacial score (nSPS) is 31.2. The van der Waals surface area contributed by atoms with Gasteiger partial charge in [-0.25, -0.2) is 0 Å². The van der Waals surface area contributed by atoms with Gasteiger partial charge in [-0.2, -0.15) is 0 Å². The fourth-order valence-corrected chi connectivity index (χ4v) is 2.94. The van der Waals surface area contributed by atoms with Crippen LogP contribution in [-0.4, -0.2) is 30.3 Å². The zero-order valence-electron chi connectivity index (χ0n) is 6.15. The van der Waals surface area contributed by atoms with E-state index in [4.69, 9.17) is 0 Å². The van der Waals surface area contributed by atoms with Crippen LogP contribution >= 0.6 is 11.8 Å². The molecular formula is C7H14N2S. The number of rotatable bonds is 0. The van der Waals surface area contributed by atoms with Gasteiger partial charge in [-0.1, -0.05) is 0 Å². The van der Waals surface area contributed by atoms with Crippen molar-refractivity contribution in [3.05, 3.63) is 0 Å². The lowest BCUT2D eigenvalue weighted by Gasteiger charge is -2.31. The molecule has 0 unspecified atom stereocenters. The van der Waals surface area contributed by atoms with E-state index in [0.717, 1.165) is 0 Å². The first kappa shape index (κ1) is 6.95. The summed E-state index contributed by atoms with van der Waals surface area (Å²) in [5, 5.41) is 6.81. The second-order valence-corrected chi connectivity index (χ2v) is 4.59. The van der Waals surface area contributed by atoms with Crippen LogP contribution in [-0.2, 0) is 0 Å². The smallest absolute Gasteiger partial charge is 0.0424 e. The van der Waals surface area contributed by atoms with Crippen LogP contribution in [0.3, 0.4) is 0 Å². The molecular weight excluding hydrogens is 144 g/mol. The molecule has 2 aliphatic rings. The van der Waals surface area contributed by atoms with Crippen LogP contribution in [0, 0.1) is 0 Å². The van der Waals surface area contributed by atoms with Crippen molar-refractivity contribution in [1.29, 1.82) is 0 Å². The minimum absolute atomic E-state index is 0.616. The molecule has 0 aliphatic carbocycles. The molecule has 2 saturated heterocycles. The highest BCUT2D eigenvalue weighted by atomic mass is 32.2. The SMILES string of the molecule is C1CC2(CCN1)CNCS2. The Labute approximate surface area is 66.1 Å². The van der Waals surface area contributed by atoms with Gasteiger partial charge in [-0.3, -0.25) is 0 Å². The third-order valence-electron chi connectivity index (χ3n) is 2.44. The van der Waals surface area contributed by atoms with Crippen LogP contribution in [0.4, 0.5) is 0 Å². The standard InChI is InChI=1S/C7H14N2S/c1-3-8-4-2-7(1)5-9-6-10-7/h8-9H,1-6H2. The van der Waals surface area contributed by atoms with Crippen molar-refractivity contribution in [2.45, 2.75) is 17.6 Å². The molecule has 2 fully saturated rings. The van der Waals surface area contributed by atoms with E-state index in [2.05, 4.69) is 22.4 Å². The van der Waals surface area contributed by atoms with Gasteiger partial charge in [-0.15, -0.1) is 11.8 Å². The van der Waals surface area contributed by atoms with Gasteiger partial charge >= 0.3 is 0 Å². The predicted molar refractivity (Wildman–Crippen MR) is 45.3 cm³/mol. The molecule has 2 rings (SSSR count). The van der Waals surface area contributed by atoms with Gasteiger partial charge in [0.1, 0.15) is 0 Å². The minimum atomic E-state index is 0.616. The third-order valence-corrected chi connectivity index (χ3v) is 3.96. The summed E-state index contributed by atoms with van der Waals surface area (Å²) in [7, 11) is 0. The summed E-state index contributed by atoms with van der Waals surface area (Å²) in [4.78, 5) is 0. The maximum absolute atomic E-state index is 3.42. The van der Waals surface area contributed by atoms with Crippen molar-refractivity contribution in [3.63, 3.8) is 0 Å². The average Bonchev–Trinajstić information content (AvgIpc) is 2.39. The van der Waals surface area contributed by atoms with E-state index in [9.17, 15) is 0 Å². The number of hydrogen-bond donors (Lipinski definition) is 2. The molecule has 0 saturated carbocycles. The fourth-order valence-electron chi connectivity index (χ4n) is 1.74. The Bertz CT molecular complexity index is 113. The molecule has 0 radical (unpaired) electrons. The zero-order valence-corrected chi connectivity index (χ0v) is 6.97. The molecule has 0 bridgehead atoms. The number of hydrogen-bond acceptors (Lipinski definition) is 3. The predicted octanol–water partition coefficient (Wildman–Crippen LogP) is 0.402. The first-order valence-electron chi connectivity index (χ1n) is 3.97. The van der Waals surface area contributed by atoms with E-state index in [0.29, 0.717) is 4.75 Å². The van der Waals surface area contributed by atoms with Crippen LogP contribution in [0.1, 0.15) is 12.8 Å². The molecule has 0 amide bonds. The van der Waals surface area contributed by atoms with Gasteiger partial charge < -0.3 is 10.6 Å².